The largest absolute Gasteiger partial charge is 0.573 e. The maximum Gasteiger partial charge on any atom is 0.573 e. The summed E-state index contributed by atoms with van der Waals surface area (Å²) in [7, 11) is 0. The van der Waals surface area contributed by atoms with Gasteiger partial charge >= 0.3 is 6.36 Å². The number of amides is 2. The lowest BCUT2D eigenvalue weighted by Gasteiger charge is -2.22. The highest BCUT2D eigenvalue weighted by atomic mass is 79.9. The zero-order valence-corrected chi connectivity index (χ0v) is 16.6. The van der Waals surface area contributed by atoms with Crippen LogP contribution in [0.25, 0.3) is 0 Å². The van der Waals surface area contributed by atoms with Gasteiger partial charge in [0.1, 0.15) is 11.8 Å². The molecule has 28 heavy (non-hydrogen) atoms. The molecule has 5 nitrogen and oxygen atoms in total. The highest BCUT2D eigenvalue weighted by Crippen LogP contribution is 2.24. The predicted molar refractivity (Wildman–Crippen MR) is 102 cm³/mol. The molecule has 0 heterocycles. The molecule has 0 bridgehead atoms. The Kier molecular flexibility index (Phi) is 7.06. The first-order valence-corrected chi connectivity index (χ1v) is 9.08. The van der Waals surface area contributed by atoms with Gasteiger partial charge in [0, 0.05) is 10.2 Å². The molecule has 2 rings (SSSR count). The van der Waals surface area contributed by atoms with Crippen LogP contribution in [0.1, 0.15) is 24.2 Å². The molecule has 9 heteroatoms. The molecule has 2 amide bonds. The lowest BCUT2D eigenvalue weighted by molar-refractivity contribution is -0.274. The van der Waals surface area contributed by atoms with Crippen LogP contribution in [0.15, 0.2) is 53.0 Å². The van der Waals surface area contributed by atoms with Crippen molar-refractivity contribution in [3.63, 3.8) is 0 Å². The minimum atomic E-state index is -4.79. The van der Waals surface area contributed by atoms with Gasteiger partial charge in [0.25, 0.3) is 5.91 Å². The summed E-state index contributed by atoms with van der Waals surface area (Å²) in [5.41, 5.74) is 0.662. The van der Waals surface area contributed by atoms with Crippen molar-refractivity contribution in [2.45, 2.75) is 26.3 Å². The van der Waals surface area contributed by atoms with Gasteiger partial charge in [-0.05, 0) is 58.2 Å². The second-order valence-electron chi connectivity index (χ2n) is 6.24. The van der Waals surface area contributed by atoms with Gasteiger partial charge in [0.05, 0.1) is 5.56 Å². The van der Waals surface area contributed by atoms with E-state index in [2.05, 4.69) is 31.3 Å². The highest BCUT2D eigenvalue weighted by Gasteiger charge is 2.31. The minimum absolute atomic E-state index is 0.223. The number of carbonyl (C=O) groups excluding carboxylic acids is 2. The van der Waals surface area contributed by atoms with Gasteiger partial charge in [-0.3, -0.25) is 9.59 Å². The molecule has 150 valence electrons. The Morgan fingerprint density at radius 1 is 1.04 bits per heavy atom. The van der Waals surface area contributed by atoms with Crippen LogP contribution in [-0.2, 0) is 4.79 Å². The lowest BCUT2D eigenvalue weighted by atomic mass is 10.0. The first-order chi connectivity index (χ1) is 13.1. The predicted octanol–water partition coefficient (Wildman–Crippen LogP) is 4.74. The Labute approximate surface area is 168 Å². The first-order valence-electron chi connectivity index (χ1n) is 8.29. The third kappa shape index (κ3) is 6.26. The maximum atomic E-state index is 12.6. The summed E-state index contributed by atoms with van der Waals surface area (Å²) < 4.78 is 41.0. The molecule has 0 radical (unpaired) electrons. The Balaban J connectivity index is 2.07. The SMILES string of the molecule is CC(C)C(NC(=O)c1ccccc1Br)C(=O)Nc1ccc(OC(F)(F)F)cc1. The van der Waals surface area contributed by atoms with E-state index in [4.69, 9.17) is 0 Å². The number of hydrogen-bond acceptors (Lipinski definition) is 3. The van der Waals surface area contributed by atoms with E-state index in [0.29, 0.717) is 10.0 Å². The number of ether oxygens (including phenoxy) is 1. The first kappa shape index (κ1) is 21.7. The van der Waals surface area contributed by atoms with Crippen molar-refractivity contribution in [3.8, 4) is 5.75 Å². The molecule has 0 aliphatic rings. The van der Waals surface area contributed by atoms with E-state index in [0.717, 1.165) is 12.1 Å². The molecule has 0 fully saturated rings. The smallest absolute Gasteiger partial charge is 0.406 e. The van der Waals surface area contributed by atoms with Crippen molar-refractivity contribution in [2.24, 2.45) is 5.92 Å². The fourth-order valence-electron chi connectivity index (χ4n) is 2.36. The molecule has 2 aromatic carbocycles. The third-order valence-electron chi connectivity index (χ3n) is 3.71. The number of nitrogens with one attached hydrogen (secondary N) is 2. The van der Waals surface area contributed by atoms with Crippen LogP contribution >= 0.6 is 15.9 Å². The quantitative estimate of drug-likeness (QED) is 0.656. The van der Waals surface area contributed by atoms with E-state index in [1.807, 2.05) is 0 Å². The summed E-state index contributed by atoms with van der Waals surface area (Å²) in [6.07, 6.45) is -4.79. The van der Waals surface area contributed by atoms with Gasteiger partial charge < -0.3 is 15.4 Å². The maximum absolute atomic E-state index is 12.6. The zero-order chi connectivity index (χ0) is 20.9. The van der Waals surface area contributed by atoms with E-state index >= 15 is 0 Å². The number of anilines is 1. The number of carbonyl (C=O) groups is 2. The van der Waals surface area contributed by atoms with Crippen LogP contribution in [0.3, 0.4) is 0 Å². The Morgan fingerprint density at radius 2 is 1.64 bits per heavy atom. The molecule has 0 aliphatic carbocycles. The zero-order valence-electron chi connectivity index (χ0n) is 15.0. The van der Waals surface area contributed by atoms with Crippen molar-refractivity contribution in [1.82, 2.24) is 5.32 Å². The van der Waals surface area contributed by atoms with Crippen LogP contribution in [-0.4, -0.2) is 24.2 Å². The van der Waals surface area contributed by atoms with Crippen LogP contribution in [0.5, 0.6) is 5.75 Å². The van der Waals surface area contributed by atoms with Gasteiger partial charge in [0.2, 0.25) is 5.91 Å². The molecular formula is C19H18BrF3N2O3. The van der Waals surface area contributed by atoms with Gasteiger partial charge in [-0.15, -0.1) is 13.2 Å². The fraction of sp³-hybridized carbons (Fsp3) is 0.263. The van der Waals surface area contributed by atoms with Crippen molar-refractivity contribution in [3.05, 3.63) is 58.6 Å². The summed E-state index contributed by atoms with van der Waals surface area (Å²) >= 11 is 3.29. The number of halogens is 4. The molecule has 0 aromatic heterocycles. The Morgan fingerprint density at radius 3 is 2.18 bits per heavy atom. The Bertz CT molecular complexity index is 839. The van der Waals surface area contributed by atoms with E-state index in [1.54, 1.807) is 38.1 Å². The van der Waals surface area contributed by atoms with Crippen molar-refractivity contribution < 1.29 is 27.5 Å². The molecule has 0 aliphatic heterocycles. The Hall–Kier alpha value is -2.55. The normalized spacial score (nSPS) is 12.4. The van der Waals surface area contributed by atoms with Gasteiger partial charge in [-0.25, -0.2) is 0 Å². The standard InChI is InChI=1S/C19H18BrF3N2O3/c1-11(2)16(25-17(26)14-5-3-4-6-15(14)20)18(27)24-12-7-9-13(10-8-12)28-19(21,22)23/h3-11,16H,1-2H3,(H,24,27)(H,25,26). The molecule has 1 atom stereocenters. The molecule has 0 saturated carbocycles. The third-order valence-corrected chi connectivity index (χ3v) is 4.40. The van der Waals surface area contributed by atoms with Gasteiger partial charge in [-0.2, -0.15) is 0 Å². The average molecular weight is 459 g/mol. The fourth-order valence-corrected chi connectivity index (χ4v) is 2.82. The minimum Gasteiger partial charge on any atom is -0.406 e. The van der Waals surface area contributed by atoms with Crippen LogP contribution in [0, 0.1) is 5.92 Å². The van der Waals surface area contributed by atoms with Gasteiger partial charge in [-0.1, -0.05) is 26.0 Å². The molecule has 2 N–H and O–H groups in total. The van der Waals surface area contributed by atoms with E-state index in [1.165, 1.54) is 12.1 Å². The van der Waals surface area contributed by atoms with Crippen LogP contribution in [0.4, 0.5) is 18.9 Å². The summed E-state index contributed by atoms with van der Waals surface area (Å²) in [4.78, 5) is 25.0. The van der Waals surface area contributed by atoms with Crippen molar-refractivity contribution in [2.75, 3.05) is 5.32 Å². The van der Waals surface area contributed by atoms with Crippen LogP contribution < -0.4 is 15.4 Å². The second kappa shape index (κ2) is 9.09. The molecule has 2 aromatic rings. The summed E-state index contributed by atoms with van der Waals surface area (Å²) in [5, 5.41) is 5.26. The van der Waals surface area contributed by atoms with Crippen molar-refractivity contribution >= 4 is 33.4 Å². The summed E-state index contributed by atoms with van der Waals surface area (Å²) in [6, 6.07) is 10.7. The molecule has 0 saturated heterocycles. The lowest BCUT2D eigenvalue weighted by Crippen LogP contribution is -2.47. The molecular weight excluding hydrogens is 441 g/mol. The second-order valence-corrected chi connectivity index (χ2v) is 7.09. The topological polar surface area (TPSA) is 67.4 Å². The average Bonchev–Trinajstić information content (AvgIpc) is 2.60. The summed E-state index contributed by atoms with van der Waals surface area (Å²) in [5.74, 6) is -1.53. The summed E-state index contributed by atoms with van der Waals surface area (Å²) in [6.45, 7) is 3.54. The van der Waals surface area contributed by atoms with E-state index < -0.39 is 30.0 Å². The molecule has 1 unspecified atom stereocenters. The van der Waals surface area contributed by atoms with Crippen LogP contribution in [0.2, 0.25) is 0 Å². The number of hydrogen-bond donors (Lipinski definition) is 2. The molecule has 0 spiro atoms. The number of alkyl halides is 3. The van der Waals surface area contributed by atoms with Crippen molar-refractivity contribution in [1.29, 1.82) is 0 Å². The number of rotatable bonds is 6. The van der Waals surface area contributed by atoms with E-state index in [-0.39, 0.29) is 11.6 Å². The van der Waals surface area contributed by atoms with E-state index in [9.17, 15) is 22.8 Å². The number of benzene rings is 2. The van der Waals surface area contributed by atoms with Gasteiger partial charge in [0.15, 0.2) is 0 Å². The monoisotopic (exact) mass is 458 g/mol. The highest BCUT2D eigenvalue weighted by molar-refractivity contribution is 9.10.